The van der Waals surface area contributed by atoms with Crippen LogP contribution in [0.25, 0.3) is 0 Å². The predicted molar refractivity (Wildman–Crippen MR) is 119 cm³/mol. The number of nitrogens with two attached hydrogens (primary N) is 1. The van der Waals surface area contributed by atoms with Gasteiger partial charge in [-0.1, -0.05) is 18.2 Å². The molecule has 0 saturated heterocycles. The van der Waals surface area contributed by atoms with Gasteiger partial charge in [-0.2, -0.15) is 0 Å². The molecule has 0 aliphatic carbocycles. The first-order chi connectivity index (χ1) is 14.5. The molecule has 0 aliphatic heterocycles. The topological polar surface area (TPSA) is 82.8 Å². The van der Waals surface area contributed by atoms with E-state index < -0.39 is 0 Å². The minimum atomic E-state index is -0.351. The van der Waals surface area contributed by atoms with Crippen molar-refractivity contribution < 1.29 is 23.4 Å². The van der Waals surface area contributed by atoms with Gasteiger partial charge in [0.1, 0.15) is 17.3 Å². The van der Waals surface area contributed by atoms with Crippen LogP contribution in [0, 0.1) is 5.82 Å². The fourth-order valence-electron chi connectivity index (χ4n) is 2.98. The summed E-state index contributed by atoms with van der Waals surface area (Å²) >= 11 is 0. The van der Waals surface area contributed by atoms with Crippen molar-refractivity contribution in [1.82, 2.24) is 5.32 Å². The van der Waals surface area contributed by atoms with E-state index in [-0.39, 0.29) is 37.2 Å². The molecule has 0 unspecified atom stereocenters. The van der Waals surface area contributed by atoms with Crippen LogP contribution < -0.4 is 25.3 Å². The number of amides is 1. The van der Waals surface area contributed by atoms with Crippen LogP contribution in [0.1, 0.15) is 21.5 Å². The van der Waals surface area contributed by atoms with Crippen molar-refractivity contribution in [3.8, 4) is 23.0 Å². The molecule has 164 valence electrons. The van der Waals surface area contributed by atoms with E-state index in [1.54, 1.807) is 55.6 Å². The van der Waals surface area contributed by atoms with Crippen LogP contribution in [0.4, 0.5) is 4.39 Å². The molecular formula is C23H24ClFN2O4. The third-order valence-electron chi connectivity index (χ3n) is 4.50. The molecule has 0 heterocycles. The highest BCUT2D eigenvalue weighted by Crippen LogP contribution is 2.36. The second-order valence-corrected chi connectivity index (χ2v) is 6.42. The average molecular weight is 447 g/mol. The molecular weight excluding hydrogens is 423 g/mol. The summed E-state index contributed by atoms with van der Waals surface area (Å²) in [5.41, 5.74) is 7.59. The van der Waals surface area contributed by atoms with Crippen LogP contribution in [0.3, 0.4) is 0 Å². The first-order valence-electron chi connectivity index (χ1n) is 9.30. The summed E-state index contributed by atoms with van der Waals surface area (Å²) < 4.78 is 30.0. The number of methoxy groups -OCH3 is 2. The van der Waals surface area contributed by atoms with Crippen LogP contribution in [-0.2, 0) is 13.1 Å². The second kappa shape index (κ2) is 11.2. The van der Waals surface area contributed by atoms with Gasteiger partial charge in [0.2, 0.25) is 0 Å². The Balaban J connectivity index is 0.00000341. The molecule has 0 aromatic heterocycles. The Bertz CT molecular complexity index is 1050. The van der Waals surface area contributed by atoms with Gasteiger partial charge in [-0.15, -0.1) is 12.4 Å². The fraction of sp³-hybridized carbons (Fsp3) is 0.174. The minimum absolute atomic E-state index is 0. The number of carbonyl (C=O) groups is 1. The standard InChI is InChI=1S/C23H23FN2O4.ClH/c1-28-19-7-4-8-20(18(19)13-25)30-22-12-16(9-10-21(22)29-2)23(27)26-14-15-5-3-6-17(24)11-15;/h3-12H,13-14,25H2,1-2H3,(H,26,27);1H. The number of rotatable bonds is 8. The average Bonchev–Trinajstić information content (AvgIpc) is 2.77. The summed E-state index contributed by atoms with van der Waals surface area (Å²) in [6.45, 7) is 0.418. The van der Waals surface area contributed by atoms with Gasteiger partial charge in [0, 0.05) is 18.7 Å². The predicted octanol–water partition coefficient (Wildman–Crippen LogP) is 4.45. The molecule has 0 aliphatic rings. The molecule has 3 aromatic rings. The SMILES string of the molecule is COc1ccc(C(=O)NCc2cccc(F)c2)cc1Oc1cccc(OC)c1CN.Cl. The van der Waals surface area contributed by atoms with Crippen LogP contribution in [0.2, 0.25) is 0 Å². The third-order valence-corrected chi connectivity index (χ3v) is 4.50. The zero-order valence-corrected chi connectivity index (χ0v) is 18.0. The number of halogens is 2. The van der Waals surface area contributed by atoms with Crippen molar-refractivity contribution in [2.24, 2.45) is 5.73 Å². The first kappa shape index (κ1) is 24.0. The smallest absolute Gasteiger partial charge is 0.251 e. The van der Waals surface area contributed by atoms with E-state index in [2.05, 4.69) is 5.32 Å². The first-order valence-corrected chi connectivity index (χ1v) is 9.30. The van der Waals surface area contributed by atoms with Gasteiger partial charge in [-0.25, -0.2) is 4.39 Å². The Labute approximate surface area is 186 Å². The lowest BCUT2D eigenvalue weighted by Crippen LogP contribution is -2.22. The molecule has 3 aromatic carbocycles. The highest BCUT2D eigenvalue weighted by Gasteiger charge is 2.15. The van der Waals surface area contributed by atoms with Crippen LogP contribution in [0.15, 0.2) is 60.7 Å². The molecule has 1 amide bonds. The lowest BCUT2D eigenvalue weighted by atomic mass is 10.1. The molecule has 0 fully saturated rings. The molecule has 0 bridgehead atoms. The number of carbonyl (C=O) groups excluding carboxylic acids is 1. The summed E-state index contributed by atoms with van der Waals surface area (Å²) in [5.74, 6) is 1.26. The third kappa shape index (κ3) is 5.87. The number of ether oxygens (including phenoxy) is 3. The number of nitrogens with one attached hydrogen (secondary N) is 1. The molecule has 31 heavy (non-hydrogen) atoms. The Morgan fingerprint density at radius 1 is 0.935 bits per heavy atom. The van der Waals surface area contributed by atoms with E-state index in [0.717, 1.165) is 0 Å². The number of hydrogen-bond acceptors (Lipinski definition) is 5. The lowest BCUT2D eigenvalue weighted by molar-refractivity contribution is 0.0950. The van der Waals surface area contributed by atoms with E-state index in [9.17, 15) is 9.18 Å². The van der Waals surface area contributed by atoms with E-state index in [0.29, 0.717) is 39.7 Å². The molecule has 8 heteroatoms. The fourth-order valence-corrected chi connectivity index (χ4v) is 2.98. The lowest BCUT2D eigenvalue weighted by Gasteiger charge is -2.16. The summed E-state index contributed by atoms with van der Waals surface area (Å²) in [7, 11) is 3.07. The Morgan fingerprint density at radius 3 is 2.32 bits per heavy atom. The van der Waals surface area contributed by atoms with Gasteiger partial charge in [0.15, 0.2) is 11.5 Å². The van der Waals surface area contributed by atoms with Crippen molar-refractivity contribution in [1.29, 1.82) is 0 Å². The van der Waals surface area contributed by atoms with Crippen molar-refractivity contribution in [2.45, 2.75) is 13.1 Å². The Kier molecular flexibility index (Phi) is 8.66. The highest BCUT2D eigenvalue weighted by molar-refractivity contribution is 5.94. The minimum Gasteiger partial charge on any atom is -0.496 e. The summed E-state index contributed by atoms with van der Waals surface area (Å²) in [4.78, 5) is 12.6. The normalized spacial score (nSPS) is 10.1. The van der Waals surface area contributed by atoms with Crippen molar-refractivity contribution >= 4 is 18.3 Å². The maximum atomic E-state index is 13.3. The van der Waals surface area contributed by atoms with E-state index in [1.807, 2.05) is 0 Å². The molecule has 0 spiro atoms. The maximum absolute atomic E-state index is 13.3. The molecule has 0 radical (unpaired) electrons. The van der Waals surface area contributed by atoms with E-state index in [4.69, 9.17) is 19.9 Å². The molecule has 3 rings (SSSR count). The van der Waals surface area contributed by atoms with Gasteiger partial charge in [-0.3, -0.25) is 4.79 Å². The van der Waals surface area contributed by atoms with Gasteiger partial charge in [0.05, 0.1) is 19.8 Å². The highest BCUT2D eigenvalue weighted by atomic mass is 35.5. The summed E-state index contributed by atoms with van der Waals surface area (Å²) in [5, 5.41) is 2.77. The zero-order chi connectivity index (χ0) is 21.5. The molecule has 3 N–H and O–H groups in total. The summed E-state index contributed by atoms with van der Waals surface area (Å²) in [6, 6.07) is 16.3. The number of benzene rings is 3. The van der Waals surface area contributed by atoms with Crippen molar-refractivity contribution in [3.05, 3.63) is 83.2 Å². The summed E-state index contributed by atoms with van der Waals surface area (Å²) in [6.07, 6.45) is 0. The van der Waals surface area contributed by atoms with Crippen LogP contribution in [0.5, 0.6) is 23.0 Å². The zero-order valence-electron chi connectivity index (χ0n) is 17.2. The van der Waals surface area contributed by atoms with E-state index >= 15 is 0 Å². The molecule has 6 nitrogen and oxygen atoms in total. The molecule has 0 atom stereocenters. The quantitative estimate of drug-likeness (QED) is 0.534. The second-order valence-electron chi connectivity index (χ2n) is 6.42. The number of hydrogen-bond donors (Lipinski definition) is 2. The maximum Gasteiger partial charge on any atom is 0.251 e. The Hall–Kier alpha value is -3.29. The van der Waals surface area contributed by atoms with Crippen molar-refractivity contribution in [2.75, 3.05) is 14.2 Å². The largest absolute Gasteiger partial charge is 0.496 e. The van der Waals surface area contributed by atoms with Gasteiger partial charge in [-0.05, 0) is 48.0 Å². The van der Waals surface area contributed by atoms with Gasteiger partial charge in [0.25, 0.3) is 5.91 Å². The van der Waals surface area contributed by atoms with Crippen LogP contribution >= 0.6 is 12.4 Å². The monoisotopic (exact) mass is 446 g/mol. The Morgan fingerprint density at radius 2 is 1.65 bits per heavy atom. The van der Waals surface area contributed by atoms with E-state index in [1.165, 1.54) is 19.2 Å². The van der Waals surface area contributed by atoms with Crippen LogP contribution in [-0.4, -0.2) is 20.1 Å². The molecule has 0 saturated carbocycles. The van der Waals surface area contributed by atoms with Gasteiger partial charge < -0.3 is 25.3 Å². The van der Waals surface area contributed by atoms with Gasteiger partial charge >= 0.3 is 0 Å². The van der Waals surface area contributed by atoms with Crippen molar-refractivity contribution in [3.63, 3.8) is 0 Å².